The topological polar surface area (TPSA) is 250 Å². The number of aromatic hydroxyl groups is 1. The first-order chi connectivity index (χ1) is 16.0. The molecule has 9 N–H and O–H groups in total. The molecule has 2 aromatic rings. The normalized spacial score (nSPS) is 24.8. The first-order valence-corrected chi connectivity index (χ1v) is 9.94. The van der Waals surface area contributed by atoms with E-state index in [1.54, 1.807) is 0 Å². The van der Waals surface area contributed by atoms with Crippen LogP contribution in [0.5, 0.6) is 5.75 Å². The fourth-order valence-electron chi connectivity index (χ4n) is 3.43. The molecule has 15 nitrogen and oxygen atoms in total. The lowest BCUT2D eigenvalue weighted by Gasteiger charge is -2.25. The molecule has 0 aliphatic carbocycles. The molecule has 0 radical (unpaired) electrons. The molecule has 0 spiro atoms. The number of H-pyrrole nitrogens is 1. The molecule has 1 aliphatic heterocycles. The Morgan fingerprint density at radius 3 is 2.53 bits per heavy atom. The molecule has 2 aromatic heterocycles. The van der Waals surface area contributed by atoms with Crippen LogP contribution in [0.4, 0.5) is 0 Å². The maximum atomic E-state index is 12.5. The maximum Gasteiger partial charge on any atom is 0.330 e. The van der Waals surface area contributed by atoms with Gasteiger partial charge in [0.25, 0.3) is 5.56 Å². The first kappa shape index (κ1) is 25.0. The number of ether oxygens (including phenoxy) is 1. The number of nitrogens with zero attached hydrogens (tertiary/aromatic N) is 2. The number of aromatic amines is 1. The molecule has 7 atom stereocenters. The highest BCUT2D eigenvalue weighted by Crippen LogP contribution is 2.30. The van der Waals surface area contributed by atoms with Gasteiger partial charge in [0, 0.05) is 18.7 Å². The van der Waals surface area contributed by atoms with Crippen molar-refractivity contribution in [2.24, 2.45) is 5.73 Å². The first-order valence-electron chi connectivity index (χ1n) is 9.94. The summed E-state index contributed by atoms with van der Waals surface area (Å²) in [6.07, 6.45) is -6.46. The number of hydrogen-bond donors (Lipinski definition) is 8. The Labute approximate surface area is 190 Å². The lowest BCUT2D eigenvalue weighted by molar-refractivity contribution is -0.149. The molecular weight excluding hydrogens is 458 g/mol. The smallest absolute Gasteiger partial charge is 0.330 e. The van der Waals surface area contributed by atoms with Gasteiger partial charge in [-0.1, -0.05) is 0 Å². The lowest BCUT2D eigenvalue weighted by Crippen LogP contribution is -2.56. The van der Waals surface area contributed by atoms with Gasteiger partial charge in [0.1, 0.15) is 24.1 Å². The number of carbonyl (C=O) groups is 2. The van der Waals surface area contributed by atoms with Crippen LogP contribution in [-0.4, -0.2) is 82.3 Å². The van der Waals surface area contributed by atoms with Crippen LogP contribution in [0.25, 0.3) is 0 Å². The SMILES string of the molecule is N[C@@H](C[C@H](O)c1ccc(O)cn1)C(=O)N[C@H](C(=O)O)[C@H]1O[C@@H](n2ccc(=O)[nH]c2=O)[C@H](O)[C@@H]1O. The van der Waals surface area contributed by atoms with Crippen LogP contribution >= 0.6 is 0 Å². The van der Waals surface area contributed by atoms with E-state index < -0.39 is 65.9 Å². The molecule has 184 valence electrons. The zero-order valence-electron chi connectivity index (χ0n) is 17.4. The molecule has 15 heteroatoms. The number of amides is 1. The van der Waals surface area contributed by atoms with Crippen molar-refractivity contribution in [1.82, 2.24) is 19.9 Å². The van der Waals surface area contributed by atoms with E-state index in [1.807, 2.05) is 4.98 Å². The highest BCUT2D eigenvalue weighted by atomic mass is 16.6. The molecule has 34 heavy (non-hydrogen) atoms. The molecule has 1 saturated heterocycles. The van der Waals surface area contributed by atoms with E-state index in [9.17, 15) is 44.7 Å². The molecule has 3 rings (SSSR count). The summed E-state index contributed by atoms with van der Waals surface area (Å²) in [6, 6.07) is 0.240. The van der Waals surface area contributed by atoms with Crippen LogP contribution in [0.1, 0.15) is 24.4 Å². The summed E-state index contributed by atoms with van der Waals surface area (Å²) in [5.74, 6) is -2.78. The number of carbonyl (C=O) groups excluding carboxylic acids is 1. The van der Waals surface area contributed by atoms with Crippen molar-refractivity contribution in [3.05, 3.63) is 57.1 Å². The third-order valence-corrected chi connectivity index (χ3v) is 5.22. The summed E-state index contributed by atoms with van der Waals surface area (Å²) in [6.45, 7) is 0. The summed E-state index contributed by atoms with van der Waals surface area (Å²) < 4.78 is 6.13. The minimum Gasteiger partial charge on any atom is -0.506 e. The summed E-state index contributed by atoms with van der Waals surface area (Å²) >= 11 is 0. The Morgan fingerprint density at radius 1 is 1.24 bits per heavy atom. The van der Waals surface area contributed by atoms with Gasteiger partial charge in [-0.25, -0.2) is 9.59 Å². The number of aliphatic hydroxyl groups is 3. The van der Waals surface area contributed by atoms with Gasteiger partial charge in [0.05, 0.1) is 24.0 Å². The number of aliphatic hydroxyl groups excluding tert-OH is 3. The van der Waals surface area contributed by atoms with Gasteiger partial charge in [-0.15, -0.1) is 0 Å². The highest BCUT2D eigenvalue weighted by Gasteiger charge is 2.50. The zero-order valence-corrected chi connectivity index (χ0v) is 17.4. The number of pyridine rings is 1. The Kier molecular flexibility index (Phi) is 7.43. The standard InChI is InChI=1S/C19H23N5O10/c20-8(5-10(26)9-2-1-7(25)6-21-9)16(30)23-12(18(31)32)15-13(28)14(29)17(34-15)24-4-3-11(27)22-19(24)33/h1-4,6,8,10,12-15,17,25-26,28-29H,5,20H2,(H,23,30)(H,31,32)(H,22,27,33)/t8-,10-,12-,13-,14+,15+,17+/m0/s1. The molecule has 1 aliphatic rings. The monoisotopic (exact) mass is 481 g/mol. The number of aliphatic carboxylic acids is 1. The predicted octanol–water partition coefficient (Wildman–Crippen LogP) is -3.72. The molecule has 0 unspecified atom stereocenters. The third-order valence-electron chi connectivity index (χ3n) is 5.22. The van der Waals surface area contributed by atoms with E-state index in [1.165, 1.54) is 12.1 Å². The molecule has 0 bridgehead atoms. The molecule has 0 aromatic carbocycles. The Balaban J connectivity index is 1.72. The molecule has 0 saturated carbocycles. The van der Waals surface area contributed by atoms with Crippen molar-refractivity contribution in [3.63, 3.8) is 0 Å². The summed E-state index contributed by atoms with van der Waals surface area (Å²) in [4.78, 5) is 53.3. The number of rotatable bonds is 8. The van der Waals surface area contributed by atoms with Crippen molar-refractivity contribution in [2.45, 2.75) is 49.1 Å². The summed E-state index contributed by atoms with van der Waals surface area (Å²) in [5, 5.41) is 51.8. The van der Waals surface area contributed by atoms with E-state index >= 15 is 0 Å². The Morgan fingerprint density at radius 2 is 1.94 bits per heavy atom. The van der Waals surface area contributed by atoms with E-state index in [2.05, 4.69) is 10.3 Å². The number of hydrogen-bond acceptors (Lipinski definition) is 11. The van der Waals surface area contributed by atoms with Crippen molar-refractivity contribution in [3.8, 4) is 5.75 Å². The maximum absolute atomic E-state index is 12.5. The van der Waals surface area contributed by atoms with Gasteiger partial charge >= 0.3 is 11.7 Å². The Hall–Kier alpha value is -3.63. The largest absolute Gasteiger partial charge is 0.506 e. The van der Waals surface area contributed by atoms with Crippen molar-refractivity contribution in [1.29, 1.82) is 0 Å². The minimum absolute atomic E-state index is 0.114. The van der Waals surface area contributed by atoms with Crippen molar-refractivity contribution in [2.75, 3.05) is 0 Å². The van der Waals surface area contributed by atoms with Crippen LogP contribution in [0.15, 0.2) is 40.2 Å². The van der Waals surface area contributed by atoms with E-state index in [0.29, 0.717) is 0 Å². The average Bonchev–Trinajstić information content (AvgIpc) is 3.06. The number of carboxylic acid groups (broad SMARTS) is 1. The van der Waals surface area contributed by atoms with Gasteiger partial charge in [0.2, 0.25) is 5.91 Å². The second-order valence-electron chi connectivity index (χ2n) is 7.61. The predicted molar refractivity (Wildman–Crippen MR) is 110 cm³/mol. The molecule has 1 amide bonds. The van der Waals surface area contributed by atoms with Crippen LogP contribution < -0.4 is 22.3 Å². The van der Waals surface area contributed by atoms with Crippen LogP contribution in [0.3, 0.4) is 0 Å². The number of aromatic nitrogens is 3. The van der Waals surface area contributed by atoms with Crippen LogP contribution in [0.2, 0.25) is 0 Å². The van der Waals surface area contributed by atoms with Gasteiger partial charge in [-0.05, 0) is 12.1 Å². The van der Waals surface area contributed by atoms with Gasteiger partial charge < -0.3 is 41.3 Å². The molecule has 3 heterocycles. The van der Waals surface area contributed by atoms with Crippen molar-refractivity contribution < 1.29 is 39.9 Å². The van der Waals surface area contributed by atoms with E-state index in [0.717, 1.165) is 23.0 Å². The highest BCUT2D eigenvalue weighted by molar-refractivity contribution is 5.87. The fraction of sp³-hybridized carbons (Fsp3) is 0.421. The molecular formula is C19H23N5O10. The quantitative estimate of drug-likeness (QED) is 0.181. The van der Waals surface area contributed by atoms with E-state index in [-0.39, 0.29) is 17.9 Å². The second-order valence-corrected chi connectivity index (χ2v) is 7.61. The zero-order chi connectivity index (χ0) is 25.2. The average molecular weight is 481 g/mol. The van der Waals surface area contributed by atoms with Gasteiger partial charge in [0.15, 0.2) is 12.3 Å². The minimum atomic E-state index is -1.89. The summed E-state index contributed by atoms with van der Waals surface area (Å²) in [5.41, 5.74) is 4.19. The van der Waals surface area contributed by atoms with Crippen molar-refractivity contribution >= 4 is 11.9 Å². The fourth-order valence-corrected chi connectivity index (χ4v) is 3.43. The van der Waals surface area contributed by atoms with Gasteiger partial charge in [-0.2, -0.15) is 0 Å². The number of carboxylic acids is 1. The Bertz CT molecular complexity index is 1150. The third kappa shape index (κ3) is 5.29. The number of nitrogens with one attached hydrogen (secondary N) is 2. The number of nitrogens with two attached hydrogens (primary N) is 1. The van der Waals surface area contributed by atoms with Gasteiger partial charge in [-0.3, -0.25) is 24.1 Å². The summed E-state index contributed by atoms with van der Waals surface area (Å²) in [7, 11) is 0. The molecule has 1 fully saturated rings. The second kappa shape index (κ2) is 10.1. The van der Waals surface area contributed by atoms with Crippen LogP contribution in [0, 0.1) is 0 Å². The van der Waals surface area contributed by atoms with Crippen LogP contribution in [-0.2, 0) is 14.3 Å². The van der Waals surface area contributed by atoms with E-state index in [4.69, 9.17) is 10.5 Å². The lowest BCUT2D eigenvalue weighted by atomic mass is 10.0.